The van der Waals surface area contributed by atoms with Crippen molar-refractivity contribution in [1.29, 1.82) is 0 Å². The number of hydrogen-bond acceptors (Lipinski definition) is 5. The van der Waals surface area contributed by atoms with Crippen molar-refractivity contribution in [2.75, 3.05) is 19.0 Å². The van der Waals surface area contributed by atoms with E-state index in [2.05, 4.69) is 15.6 Å². The summed E-state index contributed by atoms with van der Waals surface area (Å²) in [6.07, 6.45) is 5.33. The molecule has 1 aromatic rings. The molecule has 1 aliphatic heterocycles. The van der Waals surface area contributed by atoms with Gasteiger partial charge in [0.05, 0.1) is 19.0 Å². The maximum atomic E-state index is 13.4. The zero-order valence-corrected chi connectivity index (χ0v) is 16.6. The van der Waals surface area contributed by atoms with Crippen LogP contribution in [-0.2, 0) is 9.59 Å². The summed E-state index contributed by atoms with van der Waals surface area (Å²) in [7, 11) is 1.57. The van der Waals surface area contributed by atoms with Gasteiger partial charge in [0.1, 0.15) is 12.1 Å². The van der Waals surface area contributed by atoms with Crippen LogP contribution in [0.15, 0.2) is 18.3 Å². The van der Waals surface area contributed by atoms with E-state index < -0.39 is 6.04 Å². The van der Waals surface area contributed by atoms with Gasteiger partial charge >= 0.3 is 0 Å². The highest BCUT2D eigenvalue weighted by atomic mass is 16.5. The standard InChI is InChI=1S/C20H30N4O3/c1-20(2,3)17(22-14-9-10-16(27-4)21-12-14)19(26)24-11-5-6-15(24)18(25)23-13-7-8-13/h9-10,12-13,15,17,22H,5-8,11H2,1-4H3,(H,23,25)/t15-,17?/m0/s1. The molecular weight excluding hydrogens is 344 g/mol. The Labute approximate surface area is 160 Å². The first kappa shape index (κ1) is 19.5. The molecule has 148 valence electrons. The lowest BCUT2D eigenvalue weighted by atomic mass is 9.85. The van der Waals surface area contributed by atoms with E-state index in [9.17, 15) is 9.59 Å². The molecule has 2 atom stereocenters. The number of hydrogen-bond donors (Lipinski definition) is 2. The molecule has 1 aliphatic carbocycles. The van der Waals surface area contributed by atoms with Crippen molar-refractivity contribution in [2.45, 2.75) is 64.6 Å². The van der Waals surface area contributed by atoms with Gasteiger partial charge in [0.15, 0.2) is 0 Å². The topological polar surface area (TPSA) is 83.6 Å². The lowest BCUT2D eigenvalue weighted by Crippen LogP contribution is -2.54. The first-order valence-electron chi connectivity index (χ1n) is 9.67. The van der Waals surface area contributed by atoms with Crippen molar-refractivity contribution in [3.8, 4) is 5.88 Å². The van der Waals surface area contributed by atoms with Gasteiger partial charge in [0.2, 0.25) is 17.7 Å². The molecule has 2 amide bonds. The monoisotopic (exact) mass is 374 g/mol. The number of ether oxygens (including phenoxy) is 1. The Morgan fingerprint density at radius 3 is 2.56 bits per heavy atom. The predicted molar refractivity (Wildman–Crippen MR) is 104 cm³/mol. The van der Waals surface area contributed by atoms with E-state index in [4.69, 9.17) is 4.74 Å². The Balaban J connectivity index is 1.74. The molecule has 2 heterocycles. The molecule has 7 nitrogen and oxygen atoms in total. The molecule has 1 saturated carbocycles. The molecule has 1 unspecified atom stereocenters. The Kier molecular flexibility index (Phi) is 5.58. The van der Waals surface area contributed by atoms with E-state index in [0.717, 1.165) is 31.4 Å². The van der Waals surface area contributed by atoms with Crippen molar-refractivity contribution in [1.82, 2.24) is 15.2 Å². The zero-order valence-electron chi connectivity index (χ0n) is 16.6. The van der Waals surface area contributed by atoms with Crippen molar-refractivity contribution >= 4 is 17.5 Å². The summed E-state index contributed by atoms with van der Waals surface area (Å²) in [5.74, 6) is 0.476. The number of methoxy groups -OCH3 is 1. The minimum Gasteiger partial charge on any atom is -0.481 e. The molecule has 27 heavy (non-hydrogen) atoms. The first-order chi connectivity index (χ1) is 12.8. The molecule has 2 fully saturated rings. The fourth-order valence-electron chi connectivity index (χ4n) is 3.40. The molecule has 1 aromatic heterocycles. The quantitative estimate of drug-likeness (QED) is 0.797. The van der Waals surface area contributed by atoms with Crippen LogP contribution < -0.4 is 15.4 Å². The third kappa shape index (κ3) is 4.70. The van der Waals surface area contributed by atoms with Crippen LogP contribution in [0.2, 0.25) is 0 Å². The maximum absolute atomic E-state index is 13.4. The van der Waals surface area contributed by atoms with E-state index >= 15 is 0 Å². The Bertz CT molecular complexity index is 679. The predicted octanol–water partition coefficient (Wildman–Crippen LogP) is 2.19. The van der Waals surface area contributed by atoms with Gasteiger partial charge in [-0.3, -0.25) is 9.59 Å². The molecule has 2 N–H and O–H groups in total. The highest BCUT2D eigenvalue weighted by molar-refractivity contribution is 5.92. The van der Waals surface area contributed by atoms with Gasteiger partial charge < -0.3 is 20.3 Å². The van der Waals surface area contributed by atoms with Crippen molar-refractivity contribution in [3.05, 3.63) is 18.3 Å². The third-order valence-corrected chi connectivity index (χ3v) is 5.13. The third-order valence-electron chi connectivity index (χ3n) is 5.13. The molecule has 2 aliphatic rings. The molecule has 1 saturated heterocycles. The second-order valence-corrected chi connectivity index (χ2v) is 8.51. The minimum absolute atomic E-state index is 0.0119. The van der Waals surface area contributed by atoms with Crippen LogP contribution >= 0.6 is 0 Å². The summed E-state index contributed by atoms with van der Waals surface area (Å²) in [6, 6.07) is 3.09. The number of carbonyl (C=O) groups excluding carboxylic acids is 2. The zero-order chi connectivity index (χ0) is 19.6. The van der Waals surface area contributed by atoms with Crippen LogP contribution in [0.4, 0.5) is 5.69 Å². The summed E-state index contributed by atoms with van der Waals surface area (Å²) in [6.45, 7) is 6.69. The van der Waals surface area contributed by atoms with Gasteiger partial charge in [-0.05, 0) is 37.2 Å². The van der Waals surface area contributed by atoms with Crippen LogP contribution in [0.25, 0.3) is 0 Å². The number of rotatable bonds is 6. The molecule has 0 spiro atoms. The fourth-order valence-corrected chi connectivity index (χ4v) is 3.40. The van der Waals surface area contributed by atoms with Gasteiger partial charge in [-0.25, -0.2) is 4.98 Å². The average Bonchev–Trinajstić information content (AvgIpc) is 3.30. The van der Waals surface area contributed by atoms with Crippen LogP contribution in [0.5, 0.6) is 5.88 Å². The van der Waals surface area contributed by atoms with Gasteiger partial charge in [-0.1, -0.05) is 20.8 Å². The Morgan fingerprint density at radius 1 is 1.26 bits per heavy atom. The number of nitrogens with one attached hydrogen (secondary N) is 2. The number of amides is 2. The maximum Gasteiger partial charge on any atom is 0.246 e. The summed E-state index contributed by atoms with van der Waals surface area (Å²) in [5, 5.41) is 6.36. The Hall–Kier alpha value is -2.31. The number of carbonyl (C=O) groups is 2. The number of nitrogens with zero attached hydrogens (tertiary/aromatic N) is 2. The second-order valence-electron chi connectivity index (χ2n) is 8.51. The second kappa shape index (κ2) is 7.74. The number of aromatic nitrogens is 1. The number of likely N-dealkylation sites (tertiary alicyclic amines) is 1. The van der Waals surface area contributed by atoms with Crippen molar-refractivity contribution in [3.63, 3.8) is 0 Å². The summed E-state index contributed by atoms with van der Waals surface area (Å²) >= 11 is 0. The SMILES string of the molecule is COc1ccc(NC(C(=O)N2CCC[C@H]2C(=O)NC2CC2)C(C)(C)C)cn1. The van der Waals surface area contributed by atoms with Crippen molar-refractivity contribution < 1.29 is 14.3 Å². The molecule has 0 radical (unpaired) electrons. The highest BCUT2D eigenvalue weighted by Crippen LogP contribution is 2.29. The minimum atomic E-state index is -0.456. The van der Waals surface area contributed by atoms with E-state index in [-0.39, 0.29) is 23.3 Å². The molecular formula is C20H30N4O3. The summed E-state index contributed by atoms with van der Waals surface area (Å²) in [5.41, 5.74) is 0.430. The van der Waals surface area contributed by atoms with Gasteiger partial charge in [-0.2, -0.15) is 0 Å². The molecule has 0 aromatic carbocycles. The highest BCUT2D eigenvalue weighted by Gasteiger charge is 2.42. The van der Waals surface area contributed by atoms with Gasteiger partial charge in [0.25, 0.3) is 0 Å². The molecule has 0 bridgehead atoms. The lowest BCUT2D eigenvalue weighted by Gasteiger charge is -2.36. The van der Waals surface area contributed by atoms with Crippen LogP contribution in [-0.4, -0.2) is 53.5 Å². The van der Waals surface area contributed by atoms with E-state index in [1.165, 1.54) is 0 Å². The van der Waals surface area contributed by atoms with E-state index in [1.54, 1.807) is 24.3 Å². The largest absolute Gasteiger partial charge is 0.481 e. The summed E-state index contributed by atoms with van der Waals surface area (Å²) < 4.78 is 5.09. The molecule has 7 heteroatoms. The Morgan fingerprint density at radius 2 is 2.00 bits per heavy atom. The summed E-state index contributed by atoms with van der Waals surface area (Å²) in [4.78, 5) is 31.9. The van der Waals surface area contributed by atoms with Gasteiger partial charge in [0, 0.05) is 18.7 Å². The molecule has 3 rings (SSSR count). The van der Waals surface area contributed by atoms with Crippen LogP contribution in [0, 0.1) is 5.41 Å². The smallest absolute Gasteiger partial charge is 0.246 e. The van der Waals surface area contributed by atoms with Crippen molar-refractivity contribution in [2.24, 2.45) is 5.41 Å². The van der Waals surface area contributed by atoms with Gasteiger partial charge in [-0.15, -0.1) is 0 Å². The van der Waals surface area contributed by atoms with E-state index in [0.29, 0.717) is 18.5 Å². The number of pyridine rings is 1. The van der Waals surface area contributed by atoms with E-state index in [1.807, 2.05) is 26.8 Å². The first-order valence-corrected chi connectivity index (χ1v) is 9.67. The normalized spacial score (nSPS) is 20.9. The lowest BCUT2D eigenvalue weighted by molar-refractivity contribution is -0.140. The average molecular weight is 374 g/mol. The van der Waals surface area contributed by atoms with Crippen LogP contribution in [0.3, 0.4) is 0 Å². The van der Waals surface area contributed by atoms with Crippen LogP contribution in [0.1, 0.15) is 46.5 Å². The number of anilines is 1. The fraction of sp³-hybridized carbons (Fsp3) is 0.650.